The second kappa shape index (κ2) is 7.82. The van der Waals surface area contributed by atoms with Crippen LogP contribution in [0.15, 0.2) is 35.3 Å². The summed E-state index contributed by atoms with van der Waals surface area (Å²) in [5.74, 6) is 2.51. The van der Waals surface area contributed by atoms with E-state index in [0.29, 0.717) is 18.6 Å². The van der Waals surface area contributed by atoms with Crippen LogP contribution < -0.4 is 5.32 Å². The molecule has 1 aliphatic heterocycles. The zero-order valence-corrected chi connectivity index (χ0v) is 14.4. The van der Waals surface area contributed by atoms with Crippen LogP contribution in [-0.2, 0) is 11.3 Å². The van der Waals surface area contributed by atoms with Gasteiger partial charge in [-0.05, 0) is 31.2 Å². The maximum Gasteiger partial charge on any atom is 0.194 e. The number of rotatable bonds is 6. The van der Waals surface area contributed by atoms with Crippen LogP contribution >= 0.6 is 0 Å². The Kier molecular flexibility index (Phi) is 5.55. The van der Waals surface area contributed by atoms with Gasteiger partial charge < -0.3 is 15.0 Å². The van der Waals surface area contributed by atoms with Crippen molar-refractivity contribution in [3.8, 4) is 0 Å². The molecule has 1 N–H and O–H groups in total. The SMILES string of the molecule is CCN=C(NC1CC1C)N1CCC(COCc2ccccc2)C1. The second-order valence-corrected chi connectivity index (χ2v) is 6.86. The minimum atomic E-state index is 0.610. The highest BCUT2D eigenvalue weighted by molar-refractivity contribution is 5.81. The van der Waals surface area contributed by atoms with Gasteiger partial charge in [0.1, 0.15) is 0 Å². The third-order valence-corrected chi connectivity index (χ3v) is 4.78. The summed E-state index contributed by atoms with van der Waals surface area (Å²) >= 11 is 0. The summed E-state index contributed by atoms with van der Waals surface area (Å²) in [4.78, 5) is 7.08. The molecular formula is C19H29N3O. The number of likely N-dealkylation sites (tertiary alicyclic amines) is 1. The summed E-state index contributed by atoms with van der Waals surface area (Å²) in [7, 11) is 0. The molecule has 3 unspecified atom stereocenters. The molecular weight excluding hydrogens is 286 g/mol. The quantitative estimate of drug-likeness (QED) is 0.648. The Hall–Kier alpha value is -1.55. The van der Waals surface area contributed by atoms with Crippen molar-refractivity contribution in [3.05, 3.63) is 35.9 Å². The molecule has 0 aromatic heterocycles. The molecule has 3 atom stereocenters. The molecule has 1 aromatic carbocycles. The molecule has 23 heavy (non-hydrogen) atoms. The third kappa shape index (κ3) is 4.71. The van der Waals surface area contributed by atoms with Crippen LogP contribution in [0.25, 0.3) is 0 Å². The molecule has 2 fully saturated rings. The van der Waals surface area contributed by atoms with E-state index in [2.05, 4.69) is 53.3 Å². The molecule has 1 saturated carbocycles. The van der Waals surface area contributed by atoms with Crippen LogP contribution in [0.3, 0.4) is 0 Å². The van der Waals surface area contributed by atoms with Crippen molar-refractivity contribution >= 4 is 5.96 Å². The van der Waals surface area contributed by atoms with Crippen LogP contribution in [0.5, 0.6) is 0 Å². The number of nitrogens with zero attached hydrogens (tertiary/aromatic N) is 2. The van der Waals surface area contributed by atoms with E-state index in [1.165, 1.54) is 18.4 Å². The van der Waals surface area contributed by atoms with E-state index < -0.39 is 0 Å². The third-order valence-electron chi connectivity index (χ3n) is 4.78. The topological polar surface area (TPSA) is 36.9 Å². The van der Waals surface area contributed by atoms with Gasteiger partial charge >= 0.3 is 0 Å². The summed E-state index contributed by atoms with van der Waals surface area (Å²) in [6.07, 6.45) is 2.47. The number of aliphatic imine (C=N–C) groups is 1. The smallest absolute Gasteiger partial charge is 0.194 e. The average molecular weight is 315 g/mol. The standard InChI is InChI=1S/C19H29N3O/c1-3-20-19(21-18-11-15(18)2)22-10-9-17(12-22)14-23-13-16-7-5-4-6-8-16/h4-8,15,17-18H,3,9-14H2,1-2H3,(H,20,21). The van der Waals surface area contributed by atoms with E-state index in [9.17, 15) is 0 Å². The average Bonchev–Trinajstić information content (AvgIpc) is 3.07. The van der Waals surface area contributed by atoms with Crippen LogP contribution in [0.2, 0.25) is 0 Å². The van der Waals surface area contributed by atoms with Crippen LogP contribution in [0, 0.1) is 11.8 Å². The monoisotopic (exact) mass is 315 g/mol. The Balaban J connectivity index is 1.42. The maximum atomic E-state index is 5.92. The fraction of sp³-hybridized carbons (Fsp3) is 0.632. The number of benzene rings is 1. The summed E-state index contributed by atoms with van der Waals surface area (Å²) in [6.45, 7) is 8.94. The Bertz CT molecular complexity index is 517. The number of guanidine groups is 1. The first-order valence-corrected chi connectivity index (χ1v) is 8.94. The van der Waals surface area contributed by atoms with Gasteiger partial charge in [0.15, 0.2) is 5.96 Å². The molecule has 2 aliphatic rings. The lowest BCUT2D eigenvalue weighted by Gasteiger charge is -2.22. The number of hydrogen-bond acceptors (Lipinski definition) is 2. The zero-order valence-electron chi connectivity index (χ0n) is 14.4. The van der Waals surface area contributed by atoms with Gasteiger partial charge in [0, 0.05) is 31.6 Å². The Labute approximate surface area is 139 Å². The van der Waals surface area contributed by atoms with Crippen LogP contribution in [0.1, 0.15) is 32.3 Å². The van der Waals surface area contributed by atoms with E-state index >= 15 is 0 Å². The number of ether oxygens (including phenoxy) is 1. The summed E-state index contributed by atoms with van der Waals surface area (Å²) in [5.41, 5.74) is 1.25. The van der Waals surface area contributed by atoms with Gasteiger partial charge in [-0.1, -0.05) is 37.3 Å². The first-order valence-electron chi connectivity index (χ1n) is 8.94. The van der Waals surface area contributed by atoms with Crippen molar-refractivity contribution in [1.29, 1.82) is 0 Å². The zero-order chi connectivity index (χ0) is 16.1. The van der Waals surface area contributed by atoms with Gasteiger partial charge in [-0.25, -0.2) is 0 Å². The molecule has 1 aliphatic carbocycles. The fourth-order valence-corrected chi connectivity index (χ4v) is 3.15. The highest BCUT2D eigenvalue weighted by Gasteiger charge is 2.35. The van der Waals surface area contributed by atoms with Gasteiger partial charge in [-0.2, -0.15) is 0 Å². The van der Waals surface area contributed by atoms with Crippen molar-refractivity contribution in [2.45, 2.75) is 39.3 Å². The summed E-state index contributed by atoms with van der Waals surface area (Å²) in [5, 5.41) is 3.62. The molecule has 0 bridgehead atoms. The van der Waals surface area contributed by atoms with Gasteiger partial charge in [0.2, 0.25) is 0 Å². The van der Waals surface area contributed by atoms with Crippen LogP contribution in [0.4, 0.5) is 0 Å². The predicted molar refractivity (Wildman–Crippen MR) is 94.5 cm³/mol. The second-order valence-electron chi connectivity index (χ2n) is 6.86. The van der Waals surface area contributed by atoms with Gasteiger partial charge in [-0.15, -0.1) is 0 Å². The summed E-state index contributed by atoms with van der Waals surface area (Å²) < 4.78 is 5.92. The van der Waals surface area contributed by atoms with Crippen molar-refractivity contribution in [1.82, 2.24) is 10.2 Å². The lowest BCUT2D eigenvalue weighted by Crippen LogP contribution is -2.42. The maximum absolute atomic E-state index is 5.92. The highest BCUT2D eigenvalue weighted by atomic mass is 16.5. The van der Waals surface area contributed by atoms with Crippen molar-refractivity contribution in [3.63, 3.8) is 0 Å². The normalized spacial score (nSPS) is 27.3. The van der Waals surface area contributed by atoms with Crippen molar-refractivity contribution in [2.24, 2.45) is 16.8 Å². The van der Waals surface area contributed by atoms with Gasteiger partial charge in [0.05, 0.1) is 13.2 Å². The first-order chi connectivity index (χ1) is 11.3. The first kappa shape index (κ1) is 16.3. The molecule has 3 rings (SSSR count). The molecule has 1 heterocycles. The predicted octanol–water partition coefficient (Wildman–Crippen LogP) is 2.90. The molecule has 1 saturated heterocycles. The largest absolute Gasteiger partial charge is 0.376 e. The lowest BCUT2D eigenvalue weighted by atomic mass is 10.1. The molecule has 0 radical (unpaired) electrons. The molecule has 4 nitrogen and oxygen atoms in total. The molecule has 1 aromatic rings. The van der Waals surface area contributed by atoms with E-state index in [4.69, 9.17) is 4.74 Å². The molecule has 0 spiro atoms. The van der Waals surface area contributed by atoms with Gasteiger partial charge in [0.25, 0.3) is 0 Å². The minimum Gasteiger partial charge on any atom is -0.376 e. The van der Waals surface area contributed by atoms with Crippen molar-refractivity contribution < 1.29 is 4.74 Å². The Morgan fingerprint density at radius 3 is 2.83 bits per heavy atom. The highest BCUT2D eigenvalue weighted by Crippen LogP contribution is 2.29. The van der Waals surface area contributed by atoms with Gasteiger partial charge in [-0.3, -0.25) is 4.99 Å². The van der Waals surface area contributed by atoms with Crippen LogP contribution in [-0.4, -0.2) is 43.1 Å². The Morgan fingerprint density at radius 2 is 2.13 bits per heavy atom. The molecule has 4 heteroatoms. The van der Waals surface area contributed by atoms with E-state index in [0.717, 1.165) is 38.1 Å². The van der Waals surface area contributed by atoms with Crippen molar-refractivity contribution in [2.75, 3.05) is 26.2 Å². The lowest BCUT2D eigenvalue weighted by molar-refractivity contribution is 0.0906. The number of nitrogens with one attached hydrogen (secondary N) is 1. The fourth-order valence-electron chi connectivity index (χ4n) is 3.15. The molecule has 126 valence electrons. The number of hydrogen-bond donors (Lipinski definition) is 1. The Morgan fingerprint density at radius 1 is 1.35 bits per heavy atom. The molecule has 0 amide bonds. The minimum absolute atomic E-state index is 0.610. The van der Waals surface area contributed by atoms with E-state index in [1.54, 1.807) is 0 Å². The van der Waals surface area contributed by atoms with E-state index in [-0.39, 0.29) is 0 Å². The van der Waals surface area contributed by atoms with E-state index in [1.807, 2.05) is 6.07 Å². The summed E-state index contributed by atoms with van der Waals surface area (Å²) in [6, 6.07) is 11.0.